The third-order valence-corrected chi connectivity index (χ3v) is 5.44. The van der Waals surface area contributed by atoms with E-state index in [2.05, 4.69) is 5.32 Å². The van der Waals surface area contributed by atoms with Gasteiger partial charge in [-0.2, -0.15) is 0 Å². The summed E-state index contributed by atoms with van der Waals surface area (Å²) in [5.41, 5.74) is 1.65. The van der Waals surface area contributed by atoms with E-state index in [0.717, 1.165) is 5.56 Å². The molecule has 3 rings (SSSR count). The number of carbonyl (C=O) groups is 2. The van der Waals surface area contributed by atoms with Gasteiger partial charge in [-0.3, -0.25) is 9.59 Å². The first-order valence-electron chi connectivity index (χ1n) is 9.15. The molecule has 5 nitrogen and oxygen atoms in total. The average molecular weight is 421 g/mol. The van der Waals surface area contributed by atoms with Gasteiger partial charge in [0.2, 0.25) is 0 Å². The summed E-state index contributed by atoms with van der Waals surface area (Å²) in [6.45, 7) is 3.12. The number of amides is 2. The zero-order valence-corrected chi connectivity index (χ0v) is 17.1. The van der Waals surface area contributed by atoms with Crippen molar-refractivity contribution in [2.75, 3.05) is 19.7 Å². The van der Waals surface area contributed by atoms with E-state index in [1.807, 2.05) is 31.2 Å². The van der Waals surface area contributed by atoms with Crippen molar-refractivity contribution in [3.05, 3.63) is 63.6 Å². The number of hydrogen-bond acceptors (Lipinski definition) is 3. The largest absolute Gasteiger partial charge is 0.484 e. The molecule has 0 aromatic heterocycles. The Hall–Kier alpha value is -2.24. The van der Waals surface area contributed by atoms with Crippen molar-refractivity contribution < 1.29 is 14.3 Å². The highest BCUT2D eigenvalue weighted by molar-refractivity contribution is 6.42. The van der Waals surface area contributed by atoms with Gasteiger partial charge in [-0.05, 0) is 50.1 Å². The van der Waals surface area contributed by atoms with E-state index in [9.17, 15) is 9.59 Å². The Kier molecular flexibility index (Phi) is 6.81. The summed E-state index contributed by atoms with van der Waals surface area (Å²) in [6, 6.07) is 12.5. The maximum atomic E-state index is 12.6. The van der Waals surface area contributed by atoms with Gasteiger partial charge >= 0.3 is 0 Å². The van der Waals surface area contributed by atoms with Crippen LogP contribution in [0.5, 0.6) is 5.75 Å². The van der Waals surface area contributed by atoms with Gasteiger partial charge in [-0.1, -0.05) is 40.9 Å². The number of nitrogens with zero attached hydrogens (tertiary/aromatic N) is 1. The van der Waals surface area contributed by atoms with Crippen LogP contribution in [-0.2, 0) is 4.79 Å². The second-order valence-electron chi connectivity index (χ2n) is 6.86. The molecule has 148 valence electrons. The van der Waals surface area contributed by atoms with E-state index in [4.69, 9.17) is 27.9 Å². The first-order valence-corrected chi connectivity index (χ1v) is 9.91. The summed E-state index contributed by atoms with van der Waals surface area (Å²) in [5, 5.41) is 3.76. The smallest absolute Gasteiger partial charge is 0.258 e. The van der Waals surface area contributed by atoms with Gasteiger partial charge in [0.1, 0.15) is 5.75 Å². The lowest BCUT2D eigenvalue weighted by atomic mass is 10.0. The predicted octanol–water partition coefficient (Wildman–Crippen LogP) is 4.10. The zero-order chi connectivity index (χ0) is 20.1. The molecule has 0 spiro atoms. The van der Waals surface area contributed by atoms with Crippen LogP contribution in [0.15, 0.2) is 42.5 Å². The molecule has 28 heavy (non-hydrogen) atoms. The first kappa shape index (κ1) is 20.5. The molecule has 2 aromatic rings. The number of carbonyl (C=O) groups excluding carboxylic acids is 2. The Morgan fingerprint density at radius 2 is 1.75 bits per heavy atom. The van der Waals surface area contributed by atoms with Gasteiger partial charge in [0.05, 0.1) is 10.0 Å². The molecule has 7 heteroatoms. The molecule has 1 saturated heterocycles. The molecule has 1 aliphatic heterocycles. The highest BCUT2D eigenvalue weighted by Crippen LogP contribution is 2.24. The maximum Gasteiger partial charge on any atom is 0.258 e. The average Bonchev–Trinajstić information content (AvgIpc) is 2.70. The van der Waals surface area contributed by atoms with Crippen LogP contribution in [-0.4, -0.2) is 42.5 Å². The van der Waals surface area contributed by atoms with Crippen molar-refractivity contribution in [1.82, 2.24) is 10.2 Å². The van der Waals surface area contributed by atoms with Crippen LogP contribution in [0.1, 0.15) is 28.8 Å². The van der Waals surface area contributed by atoms with Crippen LogP contribution < -0.4 is 10.1 Å². The minimum absolute atomic E-state index is 0.0223. The summed E-state index contributed by atoms with van der Waals surface area (Å²) in [7, 11) is 0. The molecule has 1 N–H and O–H groups in total. The minimum atomic E-state index is -0.158. The molecule has 2 amide bonds. The van der Waals surface area contributed by atoms with Crippen molar-refractivity contribution in [3.63, 3.8) is 0 Å². The van der Waals surface area contributed by atoms with Gasteiger partial charge in [0, 0.05) is 24.7 Å². The molecule has 1 aliphatic rings. The first-order chi connectivity index (χ1) is 13.4. The third kappa shape index (κ3) is 5.40. The highest BCUT2D eigenvalue weighted by Gasteiger charge is 2.25. The topological polar surface area (TPSA) is 58.6 Å². The molecule has 0 unspecified atom stereocenters. The number of nitrogens with one attached hydrogen (secondary N) is 1. The number of ether oxygens (including phenoxy) is 1. The maximum absolute atomic E-state index is 12.6. The Labute approximate surface area is 174 Å². The molecule has 0 atom stereocenters. The van der Waals surface area contributed by atoms with Crippen molar-refractivity contribution in [2.45, 2.75) is 25.8 Å². The van der Waals surface area contributed by atoms with E-state index < -0.39 is 0 Å². The summed E-state index contributed by atoms with van der Waals surface area (Å²) < 4.78 is 5.50. The van der Waals surface area contributed by atoms with Crippen LogP contribution in [0.2, 0.25) is 10.0 Å². The van der Waals surface area contributed by atoms with E-state index in [0.29, 0.717) is 47.3 Å². The summed E-state index contributed by atoms with van der Waals surface area (Å²) in [6.07, 6.45) is 1.40. The Balaban J connectivity index is 1.44. The Morgan fingerprint density at radius 1 is 1.07 bits per heavy atom. The van der Waals surface area contributed by atoms with Gasteiger partial charge < -0.3 is 15.0 Å². The molecule has 2 aromatic carbocycles. The number of aryl methyl sites for hydroxylation is 1. The molecule has 0 bridgehead atoms. The summed E-state index contributed by atoms with van der Waals surface area (Å²) in [5.74, 6) is 0.434. The van der Waals surface area contributed by atoms with Crippen molar-refractivity contribution in [1.29, 1.82) is 0 Å². The van der Waals surface area contributed by atoms with E-state index >= 15 is 0 Å². The van der Waals surface area contributed by atoms with Crippen molar-refractivity contribution in [3.8, 4) is 5.75 Å². The van der Waals surface area contributed by atoms with Gasteiger partial charge in [0.15, 0.2) is 6.61 Å². The number of halogens is 2. The molecule has 0 radical (unpaired) electrons. The molecular formula is C21H22Cl2N2O3. The second-order valence-corrected chi connectivity index (χ2v) is 7.68. The van der Waals surface area contributed by atoms with E-state index in [1.165, 1.54) is 0 Å². The Morgan fingerprint density at radius 3 is 2.39 bits per heavy atom. The minimum Gasteiger partial charge on any atom is -0.484 e. The van der Waals surface area contributed by atoms with Gasteiger partial charge in [-0.25, -0.2) is 0 Å². The lowest BCUT2D eigenvalue weighted by molar-refractivity contribution is -0.124. The van der Waals surface area contributed by atoms with E-state index in [1.54, 1.807) is 23.1 Å². The normalized spacial score (nSPS) is 14.6. The van der Waals surface area contributed by atoms with E-state index in [-0.39, 0.29) is 24.5 Å². The van der Waals surface area contributed by atoms with Crippen LogP contribution in [0, 0.1) is 6.92 Å². The standard InChI is InChI=1S/C21H22Cl2N2O3/c1-14-2-5-17(6-3-14)28-13-20(26)24-16-8-10-25(11-9-16)21(27)15-4-7-18(22)19(23)12-15/h2-7,12,16H,8-11,13H2,1H3,(H,24,26). The molecule has 0 saturated carbocycles. The lowest BCUT2D eigenvalue weighted by Crippen LogP contribution is -2.47. The van der Waals surface area contributed by atoms with Gasteiger partial charge in [-0.15, -0.1) is 0 Å². The van der Waals surface area contributed by atoms with Crippen molar-refractivity contribution >= 4 is 35.0 Å². The molecule has 1 heterocycles. The van der Waals surface area contributed by atoms with Crippen LogP contribution in [0.25, 0.3) is 0 Å². The van der Waals surface area contributed by atoms with Crippen LogP contribution >= 0.6 is 23.2 Å². The summed E-state index contributed by atoms with van der Waals surface area (Å²) in [4.78, 5) is 26.5. The monoisotopic (exact) mass is 420 g/mol. The number of hydrogen-bond donors (Lipinski definition) is 1. The molecule has 1 fully saturated rings. The number of likely N-dealkylation sites (tertiary alicyclic amines) is 1. The fourth-order valence-electron chi connectivity index (χ4n) is 3.09. The summed E-state index contributed by atoms with van der Waals surface area (Å²) >= 11 is 11.9. The number of piperidine rings is 1. The fraction of sp³-hybridized carbons (Fsp3) is 0.333. The quantitative estimate of drug-likeness (QED) is 0.791. The third-order valence-electron chi connectivity index (χ3n) is 4.70. The number of rotatable bonds is 5. The fourth-order valence-corrected chi connectivity index (χ4v) is 3.39. The van der Waals surface area contributed by atoms with Crippen LogP contribution in [0.4, 0.5) is 0 Å². The molecular weight excluding hydrogens is 399 g/mol. The Bertz CT molecular complexity index is 847. The van der Waals surface area contributed by atoms with Crippen LogP contribution in [0.3, 0.4) is 0 Å². The zero-order valence-electron chi connectivity index (χ0n) is 15.6. The second kappa shape index (κ2) is 9.30. The lowest BCUT2D eigenvalue weighted by Gasteiger charge is -2.32. The van der Waals surface area contributed by atoms with Gasteiger partial charge in [0.25, 0.3) is 11.8 Å². The van der Waals surface area contributed by atoms with Crippen molar-refractivity contribution in [2.24, 2.45) is 0 Å². The molecule has 0 aliphatic carbocycles. The number of benzene rings is 2. The predicted molar refractivity (Wildman–Crippen MR) is 110 cm³/mol. The highest BCUT2D eigenvalue weighted by atomic mass is 35.5. The SMILES string of the molecule is Cc1ccc(OCC(=O)NC2CCN(C(=O)c3ccc(Cl)c(Cl)c3)CC2)cc1.